The molecular weight excluding hydrogens is 342 g/mol. The van der Waals surface area contributed by atoms with Crippen molar-refractivity contribution in [2.75, 3.05) is 19.6 Å². The monoisotopic (exact) mass is 369 g/mol. The average molecular weight is 369 g/mol. The highest BCUT2D eigenvalue weighted by Crippen LogP contribution is 2.49. The van der Waals surface area contributed by atoms with Crippen LogP contribution in [0.4, 0.5) is 4.79 Å². The molecule has 0 bridgehead atoms. The van der Waals surface area contributed by atoms with E-state index in [1.54, 1.807) is 4.90 Å². The Morgan fingerprint density at radius 2 is 1.85 bits per heavy atom. The third kappa shape index (κ3) is 3.11. The fourth-order valence-corrected chi connectivity index (χ4v) is 4.59. The average Bonchev–Trinajstić information content (AvgIpc) is 3.43. The molecule has 2 saturated heterocycles. The second-order valence-corrected chi connectivity index (χ2v) is 8.48. The molecule has 4 amide bonds. The van der Waals surface area contributed by atoms with Crippen molar-refractivity contribution in [3.63, 3.8) is 0 Å². The van der Waals surface area contributed by atoms with Crippen molar-refractivity contribution in [1.29, 1.82) is 0 Å². The summed E-state index contributed by atoms with van der Waals surface area (Å²) >= 11 is 0. The maximum atomic E-state index is 12.9. The van der Waals surface area contributed by atoms with Gasteiger partial charge in [0.2, 0.25) is 5.91 Å². The molecule has 0 aromatic heterocycles. The van der Waals surface area contributed by atoms with Gasteiger partial charge in [-0.3, -0.25) is 14.9 Å². The van der Waals surface area contributed by atoms with Gasteiger partial charge < -0.3 is 9.80 Å². The van der Waals surface area contributed by atoms with Crippen molar-refractivity contribution in [2.24, 2.45) is 11.8 Å². The molecule has 1 aromatic rings. The minimum Gasteiger partial charge on any atom is -0.342 e. The molecule has 6 heteroatoms. The summed E-state index contributed by atoms with van der Waals surface area (Å²) in [6, 6.07) is 9.89. The molecule has 6 nitrogen and oxygen atoms in total. The summed E-state index contributed by atoms with van der Waals surface area (Å²) in [6.07, 6.45) is 1.94. The molecule has 0 unspecified atom stereocenters. The Balaban J connectivity index is 1.41. The Labute approximate surface area is 159 Å². The minimum atomic E-state index is -0.777. The number of nitrogens with one attached hydrogen (secondary N) is 1. The van der Waals surface area contributed by atoms with E-state index in [0.717, 1.165) is 6.42 Å². The quantitative estimate of drug-likeness (QED) is 0.829. The Kier molecular flexibility index (Phi) is 4.44. The molecule has 1 saturated carbocycles. The molecular formula is C21H27N3O3. The third-order valence-electron chi connectivity index (χ3n) is 6.19. The first-order valence-electron chi connectivity index (χ1n) is 9.89. The molecule has 27 heavy (non-hydrogen) atoms. The minimum absolute atomic E-state index is 0.0623. The van der Waals surface area contributed by atoms with Crippen LogP contribution >= 0.6 is 0 Å². The zero-order chi connectivity index (χ0) is 19.2. The first kappa shape index (κ1) is 18.0. The highest BCUT2D eigenvalue weighted by atomic mass is 16.2. The van der Waals surface area contributed by atoms with Crippen LogP contribution in [0, 0.1) is 11.8 Å². The largest absolute Gasteiger partial charge is 0.342 e. The second kappa shape index (κ2) is 6.66. The van der Waals surface area contributed by atoms with E-state index in [4.69, 9.17) is 0 Å². The van der Waals surface area contributed by atoms with Crippen LogP contribution in [0.5, 0.6) is 0 Å². The van der Waals surface area contributed by atoms with Crippen LogP contribution in [0.1, 0.15) is 44.6 Å². The predicted octanol–water partition coefficient (Wildman–Crippen LogP) is 2.36. The number of carbonyl (C=O) groups excluding carboxylic acids is 3. The van der Waals surface area contributed by atoms with E-state index in [9.17, 15) is 14.4 Å². The van der Waals surface area contributed by atoms with E-state index >= 15 is 0 Å². The number of urea groups is 1. The van der Waals surface area contributed by atoms with Crippen LogP contribution in [0.15, 0.2) is 30.3 Å². The fraction of sp³-hybridized carbons (Fsp3) is 0.571. The number of hydrogen-bond acceptors (Lipinski definition) is 3. The Morgan fingerprint density at radius 1 is 1.19 bits per heavy atom. The molecule has 3 aliphatic rings. The Hall–Kier alpha value is -2.37. The summed E-state index contributed by atoms with van der Waals surface area (Å²) < 4.78 is 0. The number of likely N-dealkylation sites (tertiary alicyclic amines) is 1. The van der Waals surface area contributed by atoms with Gasteiger partial charge in [-0.2, -0.15) is 0 Å². The van der Waals surface area contributed by atoms with Gasteiger partial charge in [0.15, 0.2) is 0 Å². The molecule has 1 N–H and O–H groups in total. The summed E-state index contributed by atoms with van der Waals surface area (Å²) in [5.74, 6) is 0.666. The maximum absolute atomic E-state index is 12.9. The van der Waals surface area contributed by atoms with Gasteiger partial charge in [-0.1, -0.05) is 44.2 Å². The van der Waals surface area contributed by atoms with E-state index in [-0.39, 0.29) is 29.7 Å². The zero-order valence-corrected chi connectivity index (χ0v) is 16.0. The van der Waals surface area contributed by atoms with Crippen LogP contribution in [0.2, 0.25) is 0 Å². The number of benzene rings is 1. The molecule has 144 valence electrons. The van der Waals surface area contributed by atoms with Gasteiger partial charge in [0, 0.05) is 25.6 Å². The number of rotatable bonds is 4. The Morgan fingerprint density at radius 3 is 2.48 bits per heavy atom. The lowest BCUT2D eigenvalue weighted by Gasteiger charge is -2.42. The van der Waals surface area contributed by atoms with E-state index in [2.05, 4.69) is 17.4 Å². The molecule has 0 radical (unpaired) electrons. The molecule has 3 fully saturated rings. The summed E-state index contributed by atoms with van der Waals surface area (Å²) in [4.78, 5) is 41.3. The van der Waals surface area contributed by atoms with Crippen molar-refractivity contribution in [3.05, 3.63) is 35.9 Å². The number of amides is 4. The van der Waals surface area contributed by atoms with E-state index in [1.165, 1.54) is 5.56 Å². The van der Waals surface area contributed by atoms with E-state index < -0.39 is 5.54 Å². The zero-order valence-electron chi connectivity index (χ0n) is 16.0. The molecule has 2 atom stereocenters. The molecule has 4 rings (SSSR count). The lowest BCUT2D eigenvalue weighted by atomic mass is 9.85. The second-order valence-electron chi connectivity index (χ2n) is 8.48. The number of hydrogen-bond donors (Lipinski definition) is 1. The van der Waals surface area contributed by atoms with Gasteiger partial charge in [-0.05, 0) is 36.7 Å². The molecule has 1 spiro atoms. The molecule has 1 aromatic carbocycles. The Bertz CT molecular complexity index is 753. The van der Waals surface area contributed by atoms with Crippen LogP contribution in [0.3, 0.4) is 0 Å². The van der Waals surface area contributed by atoms with Gasteiger partial charge in [-0.15, -0.1) is 0 Å². The number of carbonyl (C=O) groups is 3. The smallest absolute Gasteiger partial charge is 0.325 e. The van der Waals surface area contributed by atoms with E-state index in [1.807, 2.05) is 36.9 Å². The summed E-state index contributed by atoms with van der Waals surface area (Å²) in [7, 11) is 0. The standard InChI is InChI=1S/C21H27N3O3/c1-14(2)13-24-20(27)22-19(26)21(24)8-10-23(11-9-21)18(25)17-12-16(17)15-6-4-3-5-7-15/h3-7,14,16-17H,8-13H2,1-2H3,(H,22,26,27)/t16-,17+/m0/s1. The van der Waals surface area contributed by atoms with Gasteiger partial charge in [0.1, 0.15) is 5.54 Å². The van der Waals surface area contributed by atoms with Crippen molar-refractivity contribution in [3.8, 4) is 0 Å². The summed E-state index contributed by atoms with van der Waals surface area (Å²) in [6.45, 7) is 5.71. The lowest BCUT2D eigenvalue weighted by Crippen LogP contribution is -2.58. The SMILES string of the molecule is CC(C)CN1C(=O)NC(=O)C12CCN(C(=O)[C@@H]1C[C@H]1c1ccccc1)CC2. The highest BCUT2D eigenvalue weighted by molar-refractivity contribution is 6.07. The third-order valence-corrected chi connectivity index (χ3v) is 6.19. The normalized spacial score (nSPS) is 26.6. The van der Waals surface area contributed by atoms with Gasteiger partial charge in [-0.25, -0.2) is 4.79 Å². The predicted molar refractivity (Wildman–Crippen MR) is 101 cm³/mol. The summed E-state index contributed by atoms with van der Waals surface area (Å²) in [5.41, 5.74) is 0.453. The maximum Gasteiger partial charge on any atom is 0.325 e. The van der Waals surface area contributed by atoms with Crippen LogP contribution < -0.4 is 5.32 Å². The topological polar surface area (TPSA) is 69.7 Å². The first-order chi connectivity index (χ1) is 12.9. The van der Waals surface area contributed by atoms with Gasteiger partial charge >= 0.3 is 6.03 Å². The number of imide groups is 1. The lowest BCUT2D eigenvalue weighted by molar-refractivity contribution is -0.139. The molecule has 2 aliphatic heterocycles. The van der Waals surface area contributed by atoms with Gasteiger partial charge in [0.25, 0.3) is 5.91 Å². The van der Waals surface area contributed by atoms with Crippen molar-refractivity contribution >= 4 is 17.8 Å². The highest BCUT2D eigenvalue weighted by Gasteiger charge is 2.55. The van der Waals surface area contributed by atoms with Crippen molar-refractivity contribution in [2.45, 2.75) is 44.6 Å². The van der Waals surface area contributed by atoms with Gasteiger partial charge in [0.05, 0.1) is 0 Å². The fourth-order valence-electron chi connectivity index (χ4n) is 4.59. The van der Waals surface area contributed by atoms with Crippen LogP contribution in [-0.4, -0.2) is 52.8 Å². The van der Waals surface area contributed by atoms with Crippen molar-refractivity contribution < 1.29 is 14.4 Å². The molecule has 2 heterocycles. The van der Waals surface area contributed by atoms with Crippen LogP contribution in [-0.2, 0) is 9.59 Å². The first-order valence-corrected chi connectivity index (χ1v) is 9.89. The molecule has 1 aliphatic carbocycles. The number of nitrogens with zero attached hydrogens (tertiary/aromatic N) is 2. The van der Waals surface area contributed by atoms with Crippen LogP contribution in [0.25, 0.3) is 0 Å². The number of piperidine rings is 1. The van der Waals surface area contributed by atoms with Crippen molar-refractivity contribution in [1.82, 2.24) is 15.1 Å². The van der Waals surface area contributed by atoms with E-state index in [0.29, 0.717) is 38.4 Å². The summed E-state index contributed by atoms with van der Waals surface area (Å²) in [5, 5.41) is 2.49.